The molecular weight excluding hydrogens is 476 g/mol. The molecule has 10 nitrogen and oxygen atoms in total. The zero-order valence-corrected chi connectivity index (χ0v) is 21.6. The van der Waals surface area contributed by atoms with E-state index in [1.807, 2.05) is 30.6 Å². The highest BCUT2D eigenvalue weighted by Gasteiger charge is 2.63. The number of pyridine rings is 1. The van der Waals surface area contributed by atoms with Crippen molar-refractivity contribution in [2.24, 2.45) is 0 Å². The van der Waals surface area contributed by atoms with E-state index in [-0.39, 0.29) is 0 Å². The number of nitrogens with zero attached hydrogens (tertiary/aromatic N) is 8. The number of H-pyrrole nitrogens is 1. The first-order chi connectivity index (χ1) is 18.9. The van der Waals surface area contributed by atoms with Crippen LogP contribution < -0.4 is 15.4 Å². The monoisotopic (exact) mass is 510 g/mol. The summed E-state index contributed by atoms with van der Waals surface area (Å²) in [6, 6.07) is 14.4. The molecule has 0 radical (unpaired) electrons. The van der Waals surface area contributed by atoms with Crippen LogP contribution in [-0.4, -0.2) is 73.5 Å². The summed E-state index contributed by atoms with van der Waals surface area (Å²) in [5.74, 6) is 0.931. The van der Waals surface area contributed by atoms with Gasteiger partial charge in [0.15, 0.2) is 11.6 Å². The lowest BCUT2D eigenvalue weighted by atomic mass is 10.1. The number of aromatic nitrogens is 4. The molecule has 0 aromatic carbocycles. The van der Waals surface area contributed by atoms with E-state index in [4.69, 9.17) is 10.1 Å². The van der Waals surface area contributed by atoms with Crippen LogP contribution in [0.15, 0.2) is 79.0 Å². The Balaban J connectivity index is 1.58. The first-order valence-corrected chi connectivity index (χ1v) is 13.8. The molecule has 0 aliphatic carbocycles. The van der Waals surface area contributed by atoms with Gasteiger partial charge in [-0.3, -0.25) is 10.3 Å². The Labute approximate surface area is 223 Å². The summed E-state index contributed by atoms with van der Waals surface area (Å²) in [6.07, 6.45) is 15.7. The van der Waals surface area contributed by atoms with Gasteiger partial charge in [0.2, 0.25) is 5.79 Å². The lowest BCUT2D eigenvalue weighted by Gasteiger charge is -2.55. The van der Waals surface area contributed by atoms with Crippen molar-refractivity contribution < 1.29 is 0 Å². The van der Waals surface area contributed by atoms with Crippen molar-refractivity contribution in [1.82, 2.24) is 40.4 Å². The molecule has 196 valence electrons. The van der Waals surface area contributed by atoms with E-state index in [2.05, 4.69) is 76.9 Å². The van der Waals surface area contributed by atoms with Crippen molar-refractivity contribution in [2.45, 2.75) is 37.9 Å². The molecule has 2 N–H and O–H groups in total. The van der Waals surface area contributed by atoms with Gasteiger partial charge in [0, 0.05) is 57.5 Å². The number of nitrogens with one attached hydrogen (secondary N) is 2. The molecule has 0 spiro atoms. The summed E-state index contributed by atoms with van der Waals surface area (Å²) in [5.41, 5.74) is 7.15. The van der Waals surface area contributed by atoms with E-state index in [1.54, 1.807) is 6.20 Å². The zero-order chi connectivity index (χ0) is 25.4. The Kier molecular flexibility index (Phi) is 6.07. The highest BCUT2D eigenvalue weighted by atomic mass is 15.9. The number of aromatic amines is 1. The van der Waals surface area contributed by atoms with Gasteiger partial charge >= 0.3 is 0 Å². The molecule has 3 aromatic heterocycles. The summed E-state index contributed by atoms with van der Waals surface area (Å²) >= 11 is 0. The first-order valence-electron chi connectivity index (χ1n) is 13.8. The van der Waals surface area contributed by atoms with Crippen LogP contribution in [0.5, 0.6) is 0 Å². The van der Waals surface area contributed by atoms with Crippen molar-refractivity contribution >= 4 is 17.3 Å². The van der Waals surface area contributed by atoms with E-state index in [0.29, 0.717) is 0 Å². The first kappa shape index (κ1) is 23.4. The van der Waals surface area contributed by atoms with Gasteiger partial charge in [0.25, 0.3) is 0 Å². The van der Waals surface area contributed by atoms with Crippen LogP contribution in [0.3, 0.4) is 0 Å². The highest BCUT2D eigenvalue weighted by Crippen LogP contribution is 2.51. The number of hydrogen-bond donors (Lipinski definition) is 2. The third kappa shape index (κ3) is 3.63. The van der Waals surface area contributed by atoms with Crippen LogP contribution in [0.25, 0.3) is 5.70 Å². The molecule has 1 unspecified atom stereocenters. The van der Waals surface area contributed by atoms with Gasteiger partial charge in [0.05, 0.1) is 5.69 Å². The molecule has 4 aliphatic rings. The molecule has 4 aliphatic heterocycles. The fraction of sp³-hybridized carbons (Fsp3) is 0.393. The van der Waals surface area contributed by atoms with Gasteiger partial charge in [-0.15, -0.1) is 5.10 Å². The molecule has 0 saturated carbocycles. The van der Waals surface area contributed by atoms with Crippen LogP contribution in [0, 0.1) is 0 Å². The fourth-order valence-electron chi connectivity index (χ4n) is 6.37. The second-order valence-corrected chi connectivity index (χ2v) is 10.1. The summed E-state index contributed by atoms with van der Waals surface area (Å²) in [4.78, 5) is 13.5. The normalized spacial score (nSPS) is 24.8. The third-order valence-corrected chi connectivity index (χ3v) is 7.89. The summed E-state index contributed by atoms with van der Waals surface area (Å²) in [5, 5.41) is 16.1. The van der Waals surface area contributed by atoms with Crippen LogP contribution in [-0.2, 0) is 0 Å². The van der Waals surface area contributed by atoms with Crippen LogP contribution in [0.4, 0.5) is 11.6 Å². The van der Waals surface area contributed by atoms with Crippen molar-refractivity contribution in [1.29, 1.82) is 0 Å². The van der Waals surface area contributed by atoms with E-state index >= 15 is 0 Å². The predicted octanol–water partition coefficient (Wildman–Crippen LogP) is 3.38. The molecule has 10 heteroatoms. The maximum Gasteiger partial charge on any atom is 0.228 e. The lowest BCUT2D eigenvalue weighted by molar-refractivity contribution is -0.0722. The predicted molar refractivity (Wildman–Crippen MR) is 147 cm³/mol. The van der Waals surface area contributed by atoms with Crippen molar-refractivity contribution in [3.63, 3.8) is 0 Å². The molecule has 0 bridgehead atoms. The zero-order valence-electron chi connectivity index (χ0n) is 21.6. The molecular formula is C28H34N10. The second kappa shape index (κ2) is 9.86. The van der Waals surface area contributed by atoms with E-state index in [0.717, 1.165) is 87.9 Å². The third-order valence-electron chi connectivity index (χ3n) is 7.89. The van der Waals surface area contributed by atoms with Gasteiger partial charge in [-0.05, 0) is 68.5 Å². The van der Waals surface area contributed by atoms with Crippen molar-refractivity contribution in [3.05, 3.63) is 84.7 Å². The number of anilines is 2. The Morgan fingerprint density at radius 3 is 2.42 bits per heavy atom. The largest absolute Gasteiger partial charge is 0.360 e. The molecule has 38 heavy (non-hydrogen) atoms. The summed E-state index contributed by atoms with van der Waals surface area (Å²) in [7, 11) is 0. The van der Waals surface area contributed by atoms with E-state index in [9.17, 15) is 0 Å². The van der Waals surface area contributed by atoms with Crippen molar-refractivity contribution in [2.75, 3.05) is 42.7 Å². The summed E-state index contributed by atoms with van der Waals surface area (Å²) in [6.45, 7) is 4.76. The standard InChI is InChI=1S/C28H34N10/c1-2-14-30-24(12-1)37-26(23-11-9-15-29-23)27(34-18-5-6-19-34)28(35-20-7-8-21-35,36-22-4-3-17-32-36)38(37)25-13-10-16-31-33-25/h1-2,5,9-16,18,29,32H,3-4,6-8,17,19-22H2. The number of hydrazine groups is 2. The van der Waals surface area contributed by atoms with Crippen LogP contribution in [0.2, 0.25) is 0 Å². The molecule has 7 rings (SSSR count). The van der Waals surface area contributed by atoms with E-state index in [1.165, 1.54) is 5.70 Å². The Bertz CT molecular complexity index is 1280. The molecule has 0 amide bonds. The van der Waals surface area contributed by atoms with Crippen LogP contribution >= 0.6 is 0 Å². The molecule has 3 aromatic rings. The maximum atomic E-state index is 4.89. The SMILES string of the molecule is C1=CN(C2=C(c3ccc[nH]3)N(c3ccccn3)N(c3cccnn3)C2(N2CCCC2)N2CCCCN2)CC1. The molecule has 1 atom stereocenters. The van der Waals surface area contributed by atoms with Gasteiger partial charge < -0.3 is 9.88 Å². The summed E-state index contributed by atoms with van der Waals surface area (Å²) < 4.78 is 0. The Hall–Kier alpha value is -3.73. The lowest BCUT2D eigenvalue weighted by Crippen LogP contribution is -2.75. The average Bonchev–Trinajstić information content (AvgIpc) is 3.80. The molecule has 2 saturated heterocycles. The minimum Gasteiger partial charge on any atom is -0.360 e. The number of likely N-dealkylation sites (tertiary alicyclic amines) is 1. The van der Waals surface area contributed by atoms with Crippen molar-refractivity contribution in [3.8, 4) is 0 Å². The Morgan fingerprint density at radius 2 is 1.74 bits per heavy atom. The Morgan fingerprint density at radius 1 is 0.842 bits per heavy atom. The molecule has 7 heterocycles. The topological polar surface area (TPSA) is 82.7 Å². The highest BCUT2D eigenvalue weighted by molar-refractivity contribution is 5.88. The number of rotatable bonds is 6. The van der Waals surface area contributed by atoms with Crippen LogP contribution in [0.1, 0.15) is 37.8 Å². The van der Waals surface area contributed by atoms with Gasteiger partial charge in [-0.2, -0.15) is 10.1 Å². The van der Waals surface area contributed by atoms with E-state index < -0.39 is 5.79 Å². The van der Waals surface area contributed by atoms with Gasteiger partial charge in [-0.25, -0.2) is 15.0 Å². The quantitative estimate of drug-likeness (QED) is 0.519. The smallest absolute Gasteiger partial charge is 0.228 e. The molecule has 2 fully saturated rings. The van der Waals surface area contributed by atoms with Gasteiger partial charge in [-0.1, -0.05) is 12.1 Å². The second-order valence-electron chi connectivity index (χ2n) is 10.1. The average molecular weight is 511 g/mol. The minimum atomic E-state index is -0.681. The minimum absolute atomic E-state index is 0.681. The fourth-order valence-corrected chi connectivity index (χ4v) is 6.37. The van der Waals surface area contributed by atoms with Gasteiger partial charge in [0.1, 0.15) is 11.4 Å². The number of hydrogen-bond acceptors (Lipinski definition) is 9. The maximum absolute atomic E-state index is 4.89.